The Bertz CT molecular complexity index is 652. The van der Waals surface area contributed by atoms with Crippen LogP contribution < -0.4 is 5.56 Å². The van der Waals surface area contributed by atoms with Gasteiger partial charge < -0.3 is 10.2 Å². The Kier molecular flexibility index (Phi) is 3.67. The van der Waals surface area contributed by atoms with E-state index in [0.29, 0.717) is 11.3 Å². The van der Waals surface area contributed by atoms with E-state index in [2.05, 4.69) is 10.1 Å². The average molecular weight is 261 g/mol. The van der Waals surface area contributed by atoms with E-state index in [1.54, 1.807) is 24.5 Å². The smallest absolute Gasteiger partial charge is 0.341 e. The van der Waals surface area contributed by atoms with E-state index in [9.17, 15) is 9.59 Å². The molecule has 0 fully saturated rings. The highest BCUT2D eigenvalue weighted by Gasteiger charge is 2.15. The van der Waals surface area contributed by atoms with Gasteiger partial charge in [0.15, 0.2) is 0 Å². The lowest BCUT2D eigenvalue weighted by Crippen LogP contribution is -2.30. The average Bonchev–Trinajstić information content (AvgIpc) is 2.42. The van der Waals surface area contributed by atoms with Gasteiger partial charge in [-0.05, 0) is 18.2 Å². The number of carbonyl (C=O) groups is 1. The summed E-state index contributed by atoms with van der Waals surface area (Å²) >= 11 is 0. The summed E-state index contributed by atoms with van der Waals surface area (Å²) in [5.41, 5.74) is -0.133. The summed E-state index contributed by atoms with van der Waals surface area (Å²) in [5.74, 6) is -1.32. The van der Waals surface area contributed by atoms with Crippen LogP contribution in [0.4, 0.5) is 0 Å². The van der Waals surface area contributed by atoms with Crippen molar-refractivity contribution in [3.8, 4) is 11.3 Å². The Balaban J connectivity index is 2.63. The molecule has 2 heterocycles. The molecule has 0 unspecified atom stereocenters. The van der Waals surface area contributed by atoms with Crippen LogP contribution in [0.2, 0.25) is 0 Å². The molecule has 98 valence electrons. The summed E-state index contributed by atoms with van der Waals surface area (Å²) in [6.45, 7) is -0.357. The lowest BCUT2D eigenvalue weighted by atomic mass is 10.1. The van der Waals surface area contributed by atoms with Crippen molar-refractivity contribution in [2.75, 3.05) is 6.61 Å². The lowest BCUT2D eigenvalue weighted by molar-refractivity contribution is 0.0693. The van der Waals surface area contributed by atoms with E-state index >= 15 is 0 Å². The SMILES string of the molecule is O=C(O)c1cc(-c2ccncc2)nn(CCO)c1=O. The lowest BCUT2D eigenvalue weighted by Gasteiger charge is -2.07. The zero-order chi connectivity index (χ0) is 13.8. The minimum absolute atomic E-state index is 0.0575. The Labute approximate surface area is 107 Å². The van der Waals surface area contributed by atoms with Crippen LogP contribution in [-0.4, -0.2) is 37.6 Å². The number of aliphatic hydroxyl groups is 1. The maximum absolute atomic E-state index is 11.8. The van der Waals surface area contributed by atoms with Gasteiger partial charge in [0, 0.05) is 18.0 Å². The molecule has 19 heavy (non-hydrogen) atoms. The number of aromatic carboxylic acids is 1. The van der Waals surface area contributed by atoms with Gasteiger partial charge in [0.05, 0.1) is 18.8 Å². The molecular weight excluding hydrogens is 250 g/mol. The van der Waals surface area contributed by atoms with Crippen LogP contribution in [0.5, 0.6) is 0 Å². The predicted molar refractivity (Wildman–Crippen MR) is 65.8 cm³/mol. The number of carboxylic acids is 1. The molecular formula is C12H11N3O4. The third-order valence-corrected chi connectivity index (χ3v) is 2.49. The first-order chi connectivity index (χ1) is 9.13. The molecule has 0 atom stereocenters. The van der Waals surface area contributed by atoms with Crippen molar-refractivity contribution in [3.05, 3.63) is 46.5 Å². The molecule has 0 aromatic carbocycles. The van der Waals surface area contributed by atoms with Crippen molar-refractivity contribution < 1.29 is 15.0 Å². The van der Waals surface area contributed by atoms with E-state index < -0.39 is 11.5 Å². The Morgan fingerprint density at radius 1 is 1.32 bits per heavy atom. The van der Waals surface area contributed by atoms with Crippen LogP contribution in [0.3, 0.4) is 0 Å². The summed E-state index contributed by atoms with van der Waals surface area (Å²) in [4.78, 5) is 26.7. The Hall–Kier alpha value is -2.54. The van der Waals surface area contributed by atoms with E-state index in [1.165, 1.54) is 6.07 Å². The zero-order valence-corrected chi connectivity index (χ0v) is 9.85. The van der Waals surface area contributed by atoms with Crippen LogP contribution in [0, 0.1) is 0 Å². The Morgan fingerprint density at radius 3 is 2.58 bits per heavy atom. The first-order valence-corrected chi connectivity index (χ1v) is 5.50. The molecule has 0 spiro atoms. The van der Waals surface area contributed by atoms with Gasteiger partial charge >= 0.3 is 5.97 Å². The quantitative estimate of drug-likeness (QED) is 0.802. The highest BCUT2D eigenvalue weighted by molar-refractivity contribution is 5.88. The first-order valence-electron chi connectivity index (χ1n) is 5.50. The van der Waals surface area contributed by atoms with E-state index in [0.717, 1.165) is 4.68 Å². The summed E-state index contributed by atoms with van der Waals surface area (Å²) in [7, 11) is 0. The zero-order valence-electron chi connectivity index (χ0n) is 9.85. The molecule has 0 saturated heterocycles. The number of rotatable bonds is 4. The number of nitrogens with zero attached hydrogens (tertiary/aromatic N) is 3. The second kappa shape index (κ2) is 5.40. The third kappa shape index (κ3) is 2.66. The second-order valence-corrected chi connectivity index (χ2v) is 3.74. The van der Waals surface area contributed by atoms with Crippen molar-refractivity contribution >= 4 is 5.97 Å². The molecule has 0 amide bonds. The van der Waals surface area contributed by atoms with Crippen molar-refractivity contribution in [1.29, 1.82) is 0 Å². The minimum atomic E-state index is -1.32. The number of aromatic nitrogens is 3. The van der Waals surface area contributed by atoms with Gasteiger partial charge in [-0.1, -0.05) is 0 Å². The van der Waals surface area contributed by atoms with Gasteiger partial charge in [0.25, 0.3) is 5.56 Å². The van der Waals surface area contributed by atoms with Crippen LogP contribution in [0.15, 0.2) is 35.4 Å². The van der Waals surface area contributed by atoms with Crippen molar-refractivity contribution in [3.63, 3.8) is 0 Å². The van der Waals surface area contributed by atoms with E-state index in [-0.39, 0.29) is 18.7 Å². The molecule has 7 heteroatoms. The van der Waals surface area contributed by atoms with Crippen LogP contribution in [-0.2, 0) is 6.54 Å². The van der Waals surface area contributed by atoms with Crippen LogP contribution >= 0.6 is 0 Å². The summed E-state index contributed by atoms with van der Waals surface area (Å²) in [5, 5.41) is 21.9. The molecule has 0 aliphatic heterocycles. The van der Waals surface area contributed by atoms with Gasteiger partial charge in [-0.2, -0.15) is 5.10 Å². The van der Waals surface area contributed by atoms with Gasteiger partial charge in [-0.25, -0.2) is 9.48 Å². The standard InChI is InChI=1S/C12H11N3O4/c16-6-5-15-11(17)9(12(18)19)7-10(14-15)8-1-3-13-4-2-8/h1-4,7,16H,5-6H2,(H,18,19). The van der Waals surface area contributed by atoms with Crippen molar-refractivity contribution in [2.45, 2.75) is 6.54 Å². The minimum Gasteiger partial charge on any atom is -0.477 e. The number of hydrogen-bond acceptors (Lipinski definition) is 5. The predicted octanol–water partition coefficient (Wildman–Crippen LogP) is -0.00420. The Morgan fingerprint density at radius 2 is 2.00 bits per heavy atom. The summed E-state index contributed by atoms with van der Waals surface area (Å²) < 4.78 is 0.944. The fraction of sp³-hybridized carbons (Fsp3) is 0.167. The fourth-order valence-electron chi connectivity index (χ4n) is 1.61. The van der Waals surface area contributed by atoms with Crippen molar-refractivity contribution in [1.82, 2.24) is 14.8 Å². The number of aliphatic hydroxyl groups excluding tert-OH is 1. The summed E-state index contributed by atoms with van der Waals surface area (Å²) in [6.07, 6.45) is 3.08. The molecule has 2 N–H and O–H groups in total. The summed E-state index contributed by atoms with van der Waals surface area (Å²) in [6, 6.07) is 4.53. The molecule has 0 aliphatic rings. The van der Waals surface area contributed by atoms with Crippen molar-refractivity contribution in [2.24, 2.45) is 0 Å². The molecule has 0 saturated carbocycles. The molecule has 0 radical (unpaired) electrons. The maximum Gasteiger partial charge on any atom is 0.341 e. The maximum atomic E-state index is 11.8. The van der Waals surface area contributed by atoms with Crippen LogP contribution in [0.25, 0.3) is 11.3 Å². The molecule has 2 rings (SSSR count). The highest BCUT2D eigenvalue weighted by Crippen LogP contribution is 2.15. The molecule has 2 aromatic rings. The molecule has 0 bridgehead atoms. The first kappa shape index (κ1) is 12.9. The van der Waals surface area contributed by atoms with Gasteiger partial charge in [0.2, 0.25) is 0 Å². The van der Waals surface area contributed by atoms with Gasteiger partial charge in [-0.3, -0.25) is 9.78 Å². The molecule has 7 nitrogen and oxygen atoms in total. The van der Waals surface area contributed by atoms with E-state index in [1.807, 2.05) is 0 Å². The monoisotopic (exact) mass is 261 g/mol. The molecule has 0 aliphatic carbocycles. The van der Waals surface area contributed by atoms with E-state index in [4.69, 9.17) is 10.2 Å². The molecule has 2 aromatic heterocycles. The normalized spacial score (nSPS) is 10.4. The largest absolute Gasteiger partial charge is 0.477 e. The van der Waals surface area contributed by atoms with Crippen LogP contribution in [0.1, 0.15) is 10.4 Å². The topological polar surface area (TPSA) is 105 Å². The highest BCUT2D eigenvalue weighted by atomic mass is 16.4. The number of carboxylic acid groups (broad SMARTS) is 1. The second-order valence-electron chi connectivity index (χ2n) is 3.74. The van der Waals surface area contributed by atoms with Gasteiger partial charge in [0.1, 0.15) is 5.56 Å². The fourth-order valence-corrected chi connectivity index (χ4v) is 1.61. The third-order valence-electron chi connectivity index (χ3n) is 2.49. The van der Waals surface area contributed by atoms with Gasteiger partial charge in [-0.15, -0.1) is 0 Å². The number of pyridine rings is 1. The number of hydrogen-bond donors (Lipinski definition) is 2.